The second kappa shape index (κ2) is 6.98. The summed E-state index contributed by atoms with van der Waals surface area (Å²) >= 11 is 0. The minimum atomic E-state index is -4.61. The molecular weight excluding hydrogens is 349 g/mol. The number of aliphatic hydroxyl groups is 1. The third kappa shape index (κ3) is 4.84. The maximum absolute atomic E-state index is 12.9. The van der Waals surface area contributed by atoms with Crippen LogP contribution < -0.4 is 10.6 Å². The summed E-state index contributed by atoms with van der Waals surface area (Å²) in [5.41, 5.74) is -1.31. The van der Waals surface area contributed by atoms with Crippen molar-refractivity contribution in [3.63, 3.8) is 0 Å². The van der Waals surface area contributed by atoms with E-state index in [1.54, 1.807) is 0 Å². The van der Waals surface area contributed by atoms with Gasteiger partial charge >= 0.3 is 12.2 Å². The van der Waals surface area contributed by atoms with Gasteiger partial charge in [-0.15, -0.1) is 0 Å². The van der Waals surface area contributed by atoms with Crippen LogP contribution >= 0.6 is 0 Å². The van der Waals surface area contributed by atoms with Crippen molar-refractivity contribution in [1.29, 1.82) is 0 Å². The molecule has 0 radical (unpaired) electrons. The minimum Gasteiger partial charge on any atom is -0.387 e. The summed E-state index contributed by atoms with van der Waals surface area (Å²) in [6, 6.07) is 3.28. The molecule has 1 fully saturated rings. The number of hydrogen-bond donors (Lipinski definition) is 3. The van der Waals surface area contributed by atoms with Gasteiger partial charge in [-0.3, -0.25) is 0 Å². The second-order valence-electron chi connectivity index (χ2n) is 5.56. The van der Waals surface area contributed by atoms with Crippen LogP contribution in [0.25, 0.3) is 0 Å². The minimum absolute atomic E-state index is 0.0144. The van der Waals surface area contributed by atoms with E-state index >= 15 is 0 Å². The molecule has 1 aromatic carbocycles. The number of aliphatic hydroxyl groups excluding tert-OH is 1. The fourth-order valence-corrected chi connectivity index (χ4v) is 4.16. The number of carbonyl (C=O) groups is 1. The van der Waals surface area contributed by atoms with E-state index < -0.39 is 46.3 Å². The third-order valence-corrected chi connectivity index (χ3v) is 5.42. The van der Waals surface area contributed by atoms with E-state index in [1.165, 1.54) is 12.1 Å². The zero-order valence-electron chi connectivity index (χ0n) is 12.5. The molecule has 0 unspecified atom stereocenters. The zero-order valence-corrected chi connectivity index (χ0v) is 13.3. The van der Waals surface area contributed by atoms with Crippen molar-refractivity contribution in [2.45, 2.75) is 24.7 Å². The lowest BCUT2D eigenvalue weighted by atomic mass is 10.0. The Hall–Kier alpha value is -1.81. The molecule has 2 rings (SSSR count). The molecule has 1 heterocycles. The molecule has 1 saturated heterocycles. The van der Waals surface area contributed by atoms with Crippen molar-refractivity contribution in [3.8, 4) is 0 Å². The molecule has 0 bridgehead atoms. The normalized spacial score (nSPS) is 21.2. The predicted octanol–water partition coefficient (Wildman–Crippen LogP) is 1.23. The highest BCUT2D eigenvalue weighted by atomic mass is 32.2. The lowest BCUT2D eigenvalue weighted by Crippen LogP contribution is -2.44. The van der Waals surface area contributed by atoms with Crippen LogP contribution in [-0.4, -0.2) is 43.6 Å². The highest BCUT2D eigenvalue weighted by Gasteiger charge is 2.34. The molecule has 2 atom stereocenters. The molecule has 0 aromatic heterocycles. The van der Waals surface area contributed by atoms with Gasteiger partial charge in [-0.1, -0.05) is 18.2 Å². The molecule has 0 aliphatic carbocycles. The Bertz CT molecular complexity index is 706. The molecule has 1 aliphatic heterocycles. The molecule has 6 nitrogen and oxygen atoms in total. The van der Waals surface area contributed by atoms with Crippen LogP contribution in [0.2, 0.25) is 0 Å². The monoisotopic (exact) mass is 366 g/mol. The standard InChI is InChI=1S/C14H17F3N2O4S/c15-14(16,17)11-4-2-1-3-10(11)12(20)7-18-13(21)19-9-5-6-24(22,23)8-9/h1-4,9,12,20H,5-8H2,(H2,18,19,21)/t9-,12-/m1/s1. The number of halogens is 3. The van der Waals surface area contributed by atoms with Crippen LogP contribution in [0, 0.1) is 0 Å². The van der Waals surface area contributed by atoms with Crippen LogP contribution in [0.4, 0.5) is 18.0 Å². The van der Waals surface area contributed by atoms with Gasteiger partial charge < -0.3 is 15.7 Å². The lowest BCUT2D eigenvalue weighted by molar-refractivity contribution is -0.139. The topological polar surface area (TPSA) is 95.5 Å². The predicted molar refractivity (Wildman–Crippen MR) is 80.0 cm³/mol. The zero-order chi connectivity index (χ0) is 18.0. The second-order valence-corrected chi connectivity index (χ2v) is 7.78. The number of amides is 2. The van der Waals surface area contributed by atoms with Crippen LogP contribution in [0.5, 0.6) is 0 Å². The summed E-state index contributed by atoms with van der Waals surface area (Å²) in [6.07, 6.45) is -5.87. The van der Waals surface area contributed by atoms with Crippen LogP contribution in [-0.2, 0) is 16.0 Å². The molecular formula is C14H17F3N2O4S. The van der Waals surface area contributed by atoms with E-state index in [1.807, 2.05) is 0 Å². The van der Waals surface area contributed by atoms with Crippen molar-refractivity contribution >= 4 is 15.9 Å². The van der Waals surface area contributed by atoms with Crippen molar-refractivity contribution in [1.82, 2.24) is 10.6 Å². The molecule has 1 aromatic rings. The number of nitrogens with one attached hydrogen (secondary N) is 2. The van der Waals surface area contributed by atoms with Gasteiger partial charge in [-0.05, 0) is 18.1 Å². The first-order chi connectivity index (χ1) is 11.1. The first-order valence-corrected chi connectivity index (χ1v) is 8.99. The summed E-state index contributed by atoms with van der Waals surface area (Å²) in [5.74, 6) is -0.181. The van der Waals surface area contributed by atoms with Crippen molar-refractivity contribution in [2.24, 2.45) is 0 Å². The van der Waals surface area contributed by atoms with Crippen LogP contribution in [0.15, 0.2) is 24.3 Å². The molecule has 3 N–H and O–H groups in total. The van der Waals surface area contributed by atoms with Gasteiger partial charge in [0.1, 0.15) is 0 Å². The number of sulfone groups is 1. The fraction of sp³-hybridized carbons (Fsp3) is 0.500. The Morgan fingerprint density at radius 3 is 2.58 bits per heavy atom. The van der Waals surface area contributed by atoms with Gasteiger partial charge in [0.25, 0.3) is 0 Å². The van der Waals surface area contributed by atoms with E-state index in [4.69, 9.17) is 0 Å². The summed E-state index contributed by atoms with van der Waals surface area (Å²) in [6.45, 7) is -0.432. The quantitative estimate of drug-likeness (QED) is 0.747. The highest BCUT2D eigenvalue weighted by Crippen LogP contribution is 2.34. The van der Waals surface area contributed by atoms with E-state index in [0.29, 0.717) is 0 Å². The maximum Gasteiger partial charge on any atom is 0.416 e. The summed E-state index contributed by atoms with van der Waals surface area (Å²) in [4.78, 5) is 11.7. The molecule has 2 amide bonds. The Labute approximate surface area is 137 Å². The molecule has 10 heteroatoms. The smallest absolute Gasteiger partial charge is 0.387 e. The summed E-state index contributed by atoms with van der Waals surface area (Å²) in [5, 5.41) is 14.6. The van der Waals surface area contributed by atoms with Crippen molar-refractivity contribution < 1.29 is 31.5 Å². The number of carbonyl (C=O) groups excluding carboxylic acids is 1. The average molecular weight is 366 g/mol. The Morgan fingerprint density at radius 2 is 2.00 bits per heavy atom. The highest BCUT2D eigenvalue weighted by molar-refractivity contribution is 7.91. The number of alkyl halides is 3. The largest absolute Gasteiger partial charge is 0.416 e. The summed E-state index contributed by atoms with van der Waals surface area (Å²) in [7, 11) is -3.15. The van der Waals surface area contributed by atoms with Gasteiger partial charge in [0.05, 0.1) is 23.2 Å². The van der Waals surface area contributed by atoms with Crippen LogP contribution in [0.3, 0.4) is 0 Å². The molecule has 134 valence electrons. The molecule has 0 saturated carbocycles. The van der Waals surface area contributed by atoms with E-state index in [2.05, 4.69) is 10.6 Å². The average Bonchev–Trinajstić information content (AvgIpc) is 2.82. The Morgan fingerprint density at radius 1 is 1.33 bits per heavy atom. The Balaban J connectivity index is 1.92. The van der Waals surface area contributed by atoms with Gasteiger partial charge in [0.15, 0.2) is 9.84 Å². The van der Waals surface area contributed by atoms with E-state index in [-0.39, 0.29) is 23.5 Å². The Kier molecular flexibility index (Phi) is 5.38. The maximum atomic E-state index is 12.9. The first kappa shape index (κ1) is 18.5. The van der Waals surface area contributed by atoms with Gasteiger partial charge in [-0.25, -0.2) is 13.2 Å². The fourth-order valence-electron chi connectivity index (χ4n) is 2.49. The lowest BCUT2D eigenvalue weighted by Gasteiger charge is -2.18. The van der Waals surface area contributed by atoms with Crippen molar-refractivity contribution in [2.75, 3.05) is 18.1 Å². The first-order valence-electron chi connectivity index (χ1n) is 7.17. The van der Waals surface area contributed by atoms with E-state index in [0.717, 1.165) is 12.1 Å². The van der Waals surface area contributed by atoms with Crippen LogP contribution in [0.1, 0.15) is 23.7 Å². The molecule has 1 aliphatic rings. The third-order valence-electron chi connectivity index (χ3n) is 3.65. The van der Waals surface area contributed by atoms with Gasteiger partial charge in [0.2, 0.25) is 0 Å². The number of benzene rings is 1. The van der Waals surface area contributed by atoms with Crippen molar-refractivity contribution in [3.05, 3.63) is 35.4 Å². The molecule has 0 spiro atoms. The number of hydrogen-bond acceptors (Lipinski definition) is 4. The van der Waals surface area contributed by atoms with Gasteiger partial charge in [0, 0.05) is 12.6 Å². The number of urea groups is 1. The molecule has 24 heavy (non-hydrogen) atoms. The summed E-state index contributed by atoms with van der Waals surface area (Å²) < 4.78 is 61.2. The SMILES string of the molecule is O=C(NC[C@@H](O)c1ccccc1C(F)(F)F)N[C@@H]1CCS(=O)(=O)C1. The van der Waals surface area contributed by atoms with E-state index in [9.17, 15) is 31.5 Å². The number of rotatable bonds is 4. The van der Waals surface area contributed by atoms with Gasteiger partial charge in [-0.2, -0.15) is 13.2 Å².